The summed E-state index contributed by atoms with van der Waals surface area (Å²) in [5.41, 5.74) is 3.68. The first kappa shape index (κ1) is 46.0. The number of carboxylic acid groups (broad SMARTS) is 2. The summed E-state index contributed by atoms with van der Waals surface area (Å²) in [6.45, 7) is 4.69. The van der Waals surface area contributed by atoms with Crippen LogP contribution in [0, 0.1) is 5.82 Å². The first-order valence-corrected chi connectivity index (χ1v) is 20.9. The number of thioether (sulfide) groups is 1. The van der Waals surface area contributed by atoms with Gasteiger partial charge in [0.1, 0.15) is 11.6 Å². The molecular weight excluding hydrogens is 835 g/mol. The van der Waals surface area contributed by atoms with E-state index in [2.05, 4.69) is 15.2 Å². The number of rotatable bonds is 21. The zero-order valence-electron chi connectivity index (χ0n) is 34.1. The normalized spacial score (nSPS) is 13.8. The first-order valence-electron chi connectivity index (χ1n) is 19.9. The van der Waals surface area contributed by atoms with Gasteiger partial charge in [0.05, 0.1) is 31.8 Å². The molecule has 62 heavy (non-hydrogen) atoms. The molecule has 14 nitrogen and oxygen atoms in total. The van der Waals surface area contributed by atoms with Gasteiger partial charge in [-0.15, -0.1) is 10.2 Å². The van der Waals surface area contributed by atoms with Gasteiger partial charge < -0.3 is 34.1 Å². The highest BCUT2D eigenvalue weighted by molar-refractivity contribution is 7.98. The Morgan fingerprint density at radius 3 is 2.13 bits per heavy atom. The zero-order chi connectivity index (χ0) is 44.6. The van der Waals surface area contributed by atoms with Crippen LogP contribution in [0.15, 0.2) is 82.7 Å². The number of carbonyl (C=O) groups is 2. The standard InChI is InChI=1S/C43H47F4N7O7S/c1-3-52(21-22-61-38(41(59)60)37(55)40(57)58)20-19-51(2)24-35-49-50-36(54(35)23-27-7-11-29(12-8-27)30-13-15-31(16-14-30)43(45,46)47)25-53-34-6-4-5-33(34)39(56)48-42(53)62-26-28-9-17-32(44)18-10-28/h7-18,37-38,55H,3-6,19-26H2,1-2H3,(H,57,58)(H,59,60). The Labute approximate surface area is 358 Å². The lowest BCUT2D eigenvalue weighted by molar-refractivity contribution is -0.171. The van der Waals surface area contributed by atoms with Crippen molar-refractivity contribution >= 4 is 23.7 Å². The predicted octanol–water partition coefficient (Wildman–Crippen LogP) is 5.21. The molecule has 330 valence electrons. The van der Waals surface area contributed by atoms with Crippen molar-refractivity contribution < 1.29 is 47.2 Å². The number of likely N-dealkylation sites (N-methyl/N-ethyl adjacent to an activating group) is 2. The molecule has 3 N–H and O–H groups in total. The summed E-state index contributed by atoms with van der Waals surface area (Å²) in [6.07, 6.45) is -6.45. The Morgan fingerprint density at radius 2 is 1.50 bits per heavy atom. The monoisotopic (exact) mass is 881 g/mol. The van der Waals surface area contributed by atoms with Crippen LogP contribution in [0.5, 0.6) is 0 Å². The van der Waals surface area contributed by atoms with Crippen LogP contribution in [0.3, 0.4) is 0 Å². The lowest BCUT2D eigenvalue weighted by atomic mass is 10.0. The second-order valence-corrected chi connectivity index (χ2v) is 15.9. The van der Waals surface area contributed by atoms with E-state index in [0.717, 1.165) is 40.9 Å². The fourth-order valence-corrected chi connectivity index (χ4v) is 8.12. The van der Waals surface area contributed by atoms with Crippen LogP contribution in [0.25, 0.3) is 11.1 Å². The van der Waals surface area contributed by atoms with Crippen molar-refractivity contribution in [2.24, 2.45) is 0 Å². The quantitative estimate of drug-likeness (QED) is 0.0499. The van der Waals surface area contributed by atoms with Crippen LogP contribution in [-0.4, -0.2) is 113 Å². The second kappa shape index (κ2) is 20.6. The summed E-state index contributed by atoms with van der Waals surface area (Å²) in [4.78, 5) is 44.3. The molecule has 0 bridgehead atoms. The van der Waals surface area contributed by atoms with Gasteiger partial charge in [0, 0.05) is 36.6 Å². The van der Waals surface area contributed by atoms with Gasteiger partial charge in [0.2, 0.25) is 0 Å². The zero-order valence-corrected chi connectivity index (χ0v) is 34.9. The number of benzene rings is 3. The molecule has 0 saturated carbocycles. The van der Waals surface area contributed by atoms with Gasteiger partial charge in [-0.25, -0.2) is 14.0 Å². The highest BCUT2D eigenvalue weighted by atomic mass is 32.2. The van der Waals surface area contributed by atoms with E-state index in [1.165, 1.54) is 36.0 Å². The molecule has 2 heterocycles. The molecule has 6 rings (SSSR count). The van der Waals surface area contributed by atoms with E-state index in [9.17, 15) is 42.2 Å². The molecule has 19 heteroatoms. The summed E-state index contributed by atoms with van der Waals surface area (Å²) >= 11 is 1.38. The molecule has 0 radical (unpaired) electrons. The molecule has 0 spiro atoms. The van der Waals surface area contributed by atoms with Crippen molar-refractivity contribution in [3.63, 3.8) is 0 Å². The van der Waals surface area contributed by atoms with E-state index in [0.29, 0.717) is 79.3 Å². The van der Waals surface area contributed by atoms with Crippen LogP contribution in [0.2, 0.25) is 0 Å². The lowest BCUT2D eigenvalue weighted by Crippen LogP contribution is -2.43. The molecule has 1 aliphatic rings. The van der Waals surface area contributed by atoms with E-state index in [1.807, 2.05) is 57.2 Å². The van der Waals surface area contributed by atoms with Crippen LogP contribution in [-0.2, 0) is 58.7 Å². The van der Waals surface area contributed by atoms with Crippen molar-refractivity contribution in [2.75, 3.05) is 39.8 Å². The molecule has 0 amide bonds. The van der Waals surface area contributed by atoms with Crippen molar-refractivity contribution in [1.82, 2.24) is 34.1 Å². The maximum atomic E-state index is 13.6. The highest BCUT2D eigenvalue weighted by Gasteiger charge is 2.33. The molecule has 5 aromatic rings. The molecule has 2 aromatic heterocycles. The van der Waals surface area contributed by atoms with Crippen LogP contribution in [0.1, 0.15) is 52.9 Å². The minimum Gasteiger partial charge on any atom is -0.479 e. The average Bonchev–Trinajstić information content (AvgIpc) is 3.89. The minimum absolute atomic E-state index is 0.123. The van der Waals surface area contributed by atoms with E-state index in [-0.39, 0.29) is 31.1 Å². The van der Waals surface area contributed by atoms with Crippen molar-refractivity contribution in [3.8, 4) is 11.1 Å². The number of alkyl halides is 3. The summed E-state index contributed by atoms with van der Waals surface area (Å²) < 4.78 is 62.5. The van der Waals surface area contributed by atoms with Gasteiger partial charge in [-0.3, -0.25) is 9.69 Å². The highest BCUT2D eigenvalue weighted by Crippen LogP contribution is 2.32. The molecule has 2 atom stereocenters. The van der Waals surface area contributed by atoms with Crippen molar-refractivity contribution in [1.29, 1.82) is 0 Å². The van der Waals surface area contributed by atoms with Crippen LogP contribution < -0.4 is 5.56 Å². The SMILES string of the molecule is CCN(CCOC(C(=O)O)C(O)C(=O)O)CCN(C)Cc1nnc(Cn2c(SCc3ccc(F)cc3)nc(=O)c3c2CCC3)n1Cc1ccc(-c2ccc(C(F)(F)F)cc2)cc1. The Kier molecular flexibility index (Phi) is 15.3. The second-order valence-electron chi connectivity index (χ2n) is 15.0. The van der Waals surface area contributed by atoms with Crippen molar-refractivity contribution in [2.45, 2.75) is 75.1 Å². The predicted molar refractivity (Wildman–Crippen MR) is 221 cm³/mol. The summed E-state index contributed by atoms with van der Waals surface area (Å²) in [7, 11) is 1.91. The number of hydrogen-bond acceptors (Lipinski definition) is 11. The number of carboxylic acids is 2. The summed E-state index contributed by atoms with van der Waals surface area (Å²) in [5, 5.41) is 37.9. The molecule has 2 unspecified atom stereocenters. The van der Waals surface area contributed by atoms with Gasteiger partial charge in [-0.2, -0.15) is 18.2 Å². The third kappa shape index (κ3) is 11.7. The number of hydrogen-bond donors (Lipinski definition) is 3. The van der Waals surface area contributed by atoms with Gasteiger partial charge >= 0.3 is 18.1 Å². The topological polar surface area (TPSA) is 176 Å². The van der Waals surface area contributed by atoms with Crippen LogP contribution in [0.4, 0.5) is 17.6 Å². The summed E-state index contributed by atoms with van der Waals surface area (Å²) in [6, 6.07) is 18.6. The average molecular weight is 882 g/mol. The lowest BCUT2D eigenvalue weighted by Gasteiger charge is -2.25. The van der Waals surface area contributed by atoms with E-state index in [4.69, 9.17) is 9.84 Å². The number of fused-ring (bicyclic) bond motifs is 1. The molecular formula is C43H47F4N7O7S. The fraction of sp³-hybridized carbons (Fsp3) is 0.395. The van der Waals surface area contributed by atoms with E-state index in [1.54, 1.807) is 12.1 Å². The smallest absolute Gasteiger partial charge is 0.416 e. The van der Waals surface area contributed by atoms with Gasteiger partial charge in [-0.05, 0) is 79.4 Å². The largest absolute Gasteiger partial charge is 0.479 e. The van der Waals surface area contributed by atoms with Gasteiger partial charge in [-0.1, -0.05) is 67.2 Å². The number of aliphatic hydroxyl groups excluding tert-OH is 1. The molecule has 0 aliphatic heterocycles. The number of ether oxygens (including phenoxy) is 1. The number of nitrogens with zero attached hydrogens (tertiary/aromatic N) is 7. The third-order valence-electron chi connectivity index (χ3n) is 10.7. The number of aliphatic hydroxyl groups is 1. The molecule has 0 fully saturated rings. The fourth-order valence-electron chi connectivity index (χ4n) is 7.15. The summed E-state index contributed by atoms with van der Waals surface area (Å²) in [5.74, 6) is -1.93. The van der Waals surface area contributed by atoms with Crippen LogP contribution >= 0.6 is 11.8 Å². The van der Waals surface area contributed by atoms with Gasteiger partial charge in [0.25, 0.3) is 5.56 Å². The Bertz CT molecular complexity index is 2380. The molecule has 1 aliphatic carbocycles. The number of halogens is 4. The number of aromatic nitrogens is 5. The Hall–Kier alpha value is -5.47. The third-order valence-corrected chi connectivity index (χ3v) is 11.7. The molecule has 3 aromatic carbocycles. The van der Waals surface area contributed by atoms with E-state index >= 15 is 0 Å². The minimum atomic E-state index is -4.44. The first-order chi connectivity index (χ1) is 29.6. The maximum absolute atomic E-state index is 13.6. The Balaban J connectivity index is 1.23. The Morgan fingerprint density at radius 1 is 0.855 bits per heavy atom. The van der Waals surface area contributed by atoms with Gasteiger partial charge in [0.15, 0.2) is 23.2 Å². The maximum Gasteiger partial charge on any atom is 0.416 e. The number of aliphatic carboxylic acids is 2. The molecule has 0 saturated heterocycles. The van der Waals surface area contributed by atoms with E-state index < -0.39 is 35.9 Å². The van der Waals surface area contributed by atoms with Crippen molar-refractivity contribution in [3.05, 3.63) is 129 Å².